The number of aliphatic hydroxyl groups excluding tert-OH is 1. The third kappa shape index (κ3) is 3.90. The summed E-state index contributed by atoms with van der Waals surface area (Å²) in [6, 6.07) is 12.0. The molecule has 1 aromatic heterocycles. The minimum Gasteiger partial charge on any atom is -0.370 e. The highest BCUT2D eigenvalue weighted by Crippen LogP contribution is 2.28. The maximum absolute atomic E-state index is 10.5. The third-order valence-electron chi connectivity index (χ3n) is 4.79. The summed E-state index contributed by atoms with van der Waals surface area (Å²) in [5.74, 6) is 0.750. The van der Waals surface area contributed by atoms with Crippen molar-refractivity contribution in [3.05, 3.63) is 70.5 Å². The van der Waals surface area contributed by atoms with Gasteiger partial charge in [0, 0.05) is 36.0 Å². The Labute approximate surface area is 166 Å². The molecular weight excluding hydrogens is 408 g/mol. The van der Waals surface area contributed by atoms with E-state index in [0.29, 0.717) is 13.2 Å². The molecule has 0 bridgehead atoms. The topological polar surface area (TPSA) is 61.2 Å². The summed E-state index contributed by atoms with van der Waals surface area (Å²) in [5, 5.41) is 10.5. The van der Waals surface area contributed by atoms with E-state index in [0.717, 1.165) is 33.8 Å². The van der Waals surface area contributed by atoms with Crippen molar-refractivity contribution in [3.8, 4) is 0 Å². The van der Waals surface area contributed by atoms with E-state index in [-0.39, 0.29) is 6.10 Å². The Balaban J connectivity index is 1.60. The van der Waals surface area contributed by atoms with E-state index in [1.54, 1.807) is 23.4 Å². The molecule has 27 heavy (non-hydrogen) atoms. The van der Waals surface area contributed by atoms with Crippen LogP contribution >= 0.6 is 15.9 Å². The lowest BCUT2D eigenvalue weighted by molar-refractivity contribution is -0.0143. The molecule has 4 rings (SSSR count). The summed E-state index contributed by atoms with van der Waals surface area (Å²) in [4.78, 5) is 12.8. The Hall–Kier alpha value is -2.22. The second-order valence-corrected chi connectivity index (χ2v) is 7.50. The van der Waals surface area contributed by atoms with Crippen molar-refractivity contribution in [2.75, 3.05) is 26.7 Å². The van der Waals surface area contributed by atoms with Crippen LogP contribution < -0.4 is 0 Å². The predicted octanol–water partition coefficient (Wildman–Crippen LogP) is 2.88. The van der Waals surface area contributed by atoms with Crippen molar-refractivity contribution in [3.63, 3.8) is 0 Å². The summed E-state index contributed by atoms with van der Waals surface area (Å²) in [6.07, 6.45) is 4.44. The lowest BCUT2D eigenvalue weighted by Gasteiger charge is -2.40. The lowest BCUT2D eigenvalue weighted by Crippen LogP contribution is -2.52. The minimum absolute atomic E-state index is 0.0419. The first-order valence-electron chi connectivity index (χ1n) is 8.85. The van der Waals surface area contributed by atoms with Gasteiger partial charge < -0.3 is 19.6 Å². The number of aliphatic imine (C=N–C) groups is 1. The fourth-order valence-electron chi connectivity index (χ4n) is 3.31. The molecule has 0 aliphatic carbocycles. The summed E-state index contributed by atoms with van der Waals surface area (Å²) >= 11 is 3.52. The number of likely N-dealkylation sites (N-methyl/N-ethyl adjacent to an activating group) is 1. The van der Waals surface area contributed by atoms with E-state index < -0.39 is 6.23 Å². The van der Waals surface area contributed by atoms with Crippen LogP contribution in [0, 0.1) is 0 Å². The largest absolute Gasteiger partial charge is 0.370 e. The fourth-order valence-corrected chi connectivity index (χ4v) is 3.73. The Morgan fingerprint density at radius 3 is 2.81 bits per heavy atom. The number of hydrogen-bond acceptors (Lipinski definition) is 6. The number of rotatable bonds is 2. The number of benzene rings is 1. The molecule has 1 aromatic carbocycles. The van der Waals surface area contributed by atoms with Crippen molar-refractivity contribution < 1.29 is 9.84 Å². The monoisotopic (exact) mass is 428 g/mol. The van der Waals surface area contributed by atoms with Gasteiger partial charge in [0.05, 0.1) is 18.8 Å². The molecule has 7 heteroatoms. The van der Waals surface area contributed by atoms with Gasteiger partial charge in [-0.2, -0.15) is 0 Å². The first-order valence-corrected chi connectivity index (χ1v) is 9.65. The highest BCUT2D eigenvalue weighted by molar-refractivity contribution is 9.10. The molecule has 2 atom stereocenters. The number of guanidine groups is 1. The lowest BCUT2D eigenvalue weighted by atomic mass is 10.1. The molecule has 0 spiro atoms. The van der Waals surface area contributed by atoms with Gasteiger partial charge in [0.15, 0.2) is 6.23 Å². The van der Waals surface area contributed by atoms with E-state index in [2.05, 4.69) is 37.9 Å². The van der Waals surface area contributed by atoms with E-state index in [1.807, 2.05) is 31.3 Å². The SMILES string of the molecule is CN1C(N2CCO[C@H](c3cccc(Br)c3)C2)=NC(c2ccncc2)=CC1O. The quantitative estimate of drug-likeness (QED) is 0.796. The average molecular weight is 429 g/mol. The summed E-state index contributed by atoms with van der Waals surface area (Å²) in [6.45, 7) is 2.01. The number of morpholine rings is 1. The van der Waals surface area contributed by atoms with Crippen LogP contribution in [0.15, 0.2) is 64.3 Å². The fraction of sp³-hybridized carbons (Fsp3) is 0.300. The molecule has 2 aliphatic rings. The molecule has 1 N–H and O–H groups in total. The number of pyridine rings is 1. The maximum Gasteiger partial charge on any atom is 0.204 e. The van der Waals surface area contributed by atoms with Gasteiger partial charge >= 0.3 is 0 Å². The molecule has 1 saturated heterocycles. The maximum atomic E-state index is 10.5. The highest BCUT2D eigenvalue weighted by atomic mass is 79.9. The van der Waals surface area contributed by atoms with E-state index in [4.69, 9.17) is 9.73 Å². The van der Waals surface area contributed by atoms with Crippen LogP contribution in [-0.4, -0.2) is 58.8 Å². The summed E-state index contributed by atoms with van der Waals surface area (Å²) in [7, 11) is 1.85. The molecule has 2 aromatic rings. The van der Waals surface area contributed by atoms with Crippen LogP contribution in [0.2, 0.25) is 0 Å². The zero-order valence-corrected chi connectivity index (χ0v) is 16.6. The zero-order chi connectivity index (χ0) is 18.8. The first kappa shape index (κ1) is 18.2. The summed E-state index contributed by atoms with van der Waals surface area (Å²) < 4.78 is 7.03. The Morgan fingerprint density at radius 1 is 1.22 bits per heavy atom. The van der Waals surface area contributed by atoms with Crippen LogP contribution in [0.4, 0.5) is 0 Å². The van der Waals surface area contributed by atoms with E-state index in [1.165, 1.54) is 0 Å². The van der Waals surface area contributed by atoms with Crippen molar-refractivity contribution >= 4 is 27.6 Å². The van der Waals surface area contributed by atoms with Gasteiger partial charge in [-0.3, -0.25) is 4.98 Å². The number of aromatic nitrogens is 1. The normalized spacial score (nSPS) is 23.1. The number of aliphatic hydroxyl groups is 1. The second kappa shape index (κ2) is 7.80. The third-order valence-corrected chi connectivity index (χ3v) is 5.28. The van der Waals surface area contributed by atoms with Crippen LogP contribution in [0.5, 0.6) is 0 Å². The van der Waals surface area contributed by atoms with Gasteiger partial charge in [0.2, 0.25) is 5.96 Å². The standard InChI is InChI=1S/C20H21BrN4O2/c1-24-19(26)12-17(14-5-7-22-8-6-14)23-20(24)25-9-10-27-18(13-25)15-3-2-4-16(21)11-15/h2-8,11-12,18-19,26H,9-10,13H2,1H3/t18-,19?/m0/s1. The number of nitrogens with zero attached hydrogens (tertiary/aromatic N) is 4. The Kier molecular flexibility index (Phi) is 5.24. The molecule has 1 unspecified atom stereocenters. The van der Waals surface area contributed by atoms with Crippen LogP contribution in [0.25, 0.3) is 5.70 Å². The predicted molar refractivity (Wildman–Crippen MR) is 108 cm³/mol. The number of ether oxygens (including phenoxy) is 1. The van der Waals surface area contributed by atoms with Gasteiger partial charge in [-0.05, 0) is 35.9 Å². The Morgan fingerprint density at radius 2 is 2.04 bits per heavy atom. The van der Waals surface area contributed by atoms with E-state index in [9.17, 15) is 5.11 Å². The van der Waals surface area contributed by atoms with Gasteiger partial charge in [-0.15, -0.1) is 0 Å². The van der Waals surface area contributed by atoms with Gasteiger partial charge in [-0.1, -0.05) is 28.1 Å². The molecule has 2 aliphatic heterocycles. The van der Waals surface area contributed by atoms with Gasteiger partial charge in [0.25, 0.3) is 0 Å². The minimum atomic E-state index is -0.729. The second-order valence-electron chi connectivity index (χ2n) is 6.58. The molecule has 0 amide bonds. The summed E-state index contributed by atoms with van der Waals surface area (Å²) in [5.41, 5.74) is 2.81. The van der Waals surface area contributed by atoms with Crippen molar-refractivity contribution in [1.29, 1.82) is 0 Å². The molecule has 6 nitrogen and oxygen atoms in total. The molecule has 1 fully saturated rings. The molecule has 0 saturated carbocycles. The van der Waals surface area contributed by atoms with Crippen LogP contribution in [0.3, 0.4) is 0 Å². The average Bonchev–Trinajstić information content (AvgIpc) is 2.71. The smallest absolute Gasteiger partial charge is 0.204 e. The number of hydrogen-bond donors (Lipinski definition) is 1. The van der Waals surface area contributed by atoms with Gasteiger partial charge in [0.1, 0.15) is 6.10 Å². The van der Waals surface area contributed by atoms with Crippen molar-refractivity contribution in [1.82, 2.24) is 14.8 Å². The van der Waals surface area contributed by atoms with Crippen LogP contribution in [0.1, 0.15) is 17.2 Å². The first-order chi connectivity index (χ1) is 13.1. The van der Waals surface area contributed by atoms with Crippen molar-refractivity contribution in [2.45, 2.75) is 12.3 Å². The molecule has 0 radical (unpaired) electrons. The van der Waals surface area contributed by atoms with Crippen molar-refractivity contribution in [2.24, 2.45) is 4.99 Å². The zero-order valence-electron chi connectivity index (χ0n) is 15.0. The highest BCUT2D eigenvalue weighted by Gasteiger charge is 2.30. The number of halogens is 1. The molecule has 3 heterocycles. The molecule has 140 valence electrons. The molecular formula is C20H21BrN4O2. The van der Waals surface area contributed by atoms with E-state index >= 15 is 0 Å². The van der Waals surface area contributed by atoms with Gasteiger partial charge in [-0.25, -0.2) is 4.99 Å². The van der Waals surface area contributed by atoms with Crippen LogP contribution in [-0.2, 0) is 4.74 Å². The Bertz CT molecular complexity index is 871.